The molecule has 0 unspecified atom stereocenters. The Morgan fingerprint density at radius 2 is 2.20 bits per heavy atom. The van der Waals surface area contributed by atoms with E-state index >= 15 is 0 Å². The van der Waals surface area contributed by atoms with E-state index in [1.807, 2.05) is 24.6 Å². The molecule has 0 spiro atoms. The summed E-state index contributed by atoms with van der Waals surface area (Å²) in [7, 11) is 0. The normalized spacial score (nSPS) is 17.9. The Morgan fingerprint density at radius 1 is 1.50 bits per heavy atom. The van der Waals surface area contributed by atoms with Crippen LogP contribution in [-0.4, -0.2) is 46.2 Å². The number of rotatable bonds is 5. The van der Waals surface area contributed by atoms with Crippen molar-refractivity contribution in [2.24, 2.45) is 0 Å². The van der Waals surface area contributed by atoms with Gasteiger partial charge in [-0.1, -0.05) is 0 Å². The smallest absolute Gasteiger partial charge is 0.221 e. The Bertz CT molecular complexity index is 464. The number of aromatic nitrogens is 2. The third-order valence-corrected chi connectivity index (χ3v) is 3.69. The highest BCUT2D eigenvalue weighted by atomic mass is 16.5. The lowest BCUT2D eigenvalue weighted by Gasteiger charge is -2.32. The lowest BCUT2D eigenvalue weighted by atomic mass is 9.94. The van der Waals surface area contributed by atoms with Gasteiger partial charge in [0.15, 0.2) is 0 Å². The number of nitrogens with one attached hydrogen (secondary N) is 1. The molecule has 2 heterocycles. The summed E-state index contributed by atoms with van der Waals surface area (Å²) < 4.78 is 7.04. The number of carbonyl (C=O) groups excluding carboxylic acids is 1. The van der Waals surface area contributed by atoms with Crippen molar-refractivity contribution in [1.82, 2.24) is 15.1 Å². The van der Waals surface area contributed by atoms with Crippen LogP contribution in [0, 0.1) is 13.8 Å². The third kappa shape index (κ3) is 4.05. The van der Waals surface area contributed by atoms with Gasteiger partial charge in [0, 0.05) is 51.3 Å². The maximum Gasteiger partial charge on any atom is 0.221 e. The molecule has 1 saturated heterocycles. The summed E-state index contributed by atoms with van der Waals surface area (Å²) in [4.78, 5) is 11.8. The molecule has 0 radical (unpaired) electrons. The summed E-state index contributed by atoms with van der Waals surface area (Å²) in [6, 6.07) is 1.99. The Morgan fingerprint density at radius 3 is 2.80 bits per heavy atom. The van der Waals surface area contributed by atoms with Crippen LogP contribution in [0.1, 0.15) is 30.7 Å². The first-order valence-corrected chi connectivity index (χ1v) is 7.06. The standard InChI is InChI=1S/C14H23N3O3/c1-11-9-12(2)17(16-11)6-3-13(18)15-10-14(19)4-7-20-8-5-14/h9,19H,3-8,10H2,1-2H3,(H,15,18). The van der Waals surface area contributed by atoms with Gasteiger partial charge in [-0.15, -0.1) is 0 Å². The molecule has 1 aliphatic rings. The van der Waals surface area contributed by atoms with Crippen molar-refractivity contribution in [2.45, 2.75) is 45.3 Å². The van der Waals surface area contributed by atoms with Crippen molar-refractivity contribution < 1.29 is 14.6 Å². The SMILES string of the molecule is Cc1cc(C)n(CCC(=O)NCC2(O)CCOCC2)n1. The van der Waals surface area contributed by atoms with Gasteiger partial charge in [0.25, 0.3) is 0 Å². The van der Waals surface area contributed by atoms with E-state index in [2.05, 4.69) is 10.4 Å². The molecule has 6 nitrogen and oxygen atoms in total. The van der Waals surface area contributed by atoms with Crippen LogP contribution < -0.4 is 5.32 Å². The van der Waals surface area contributed by atoms with Crippen molar-refractivity contribution in [1.29, 1.82) is 0 Å². The predicted molar refractivity (Wildman–Crippen MR) is 74.3 cm³/mol. The van der Waals surface area contributed by atoms with Gasteiger partial charge in [0.05, 0.1) is 11.3 Å². The summed E-state index contributed by atoms with van der Waals surface area (Å²) in [5.74, 6) is -0.0579. The van der Waals surface area contributed by atoms with Gasteiger partial charge in [-0.2, -0.15) is 5.10 Å². The van der Waals surface area contributed by atoms with E-state index in [0.717, 1.165) is 11.4 Å². The second-order valence-electron chi connectivity index (χ2n) is 5.51. The molecule has 0 bridgehead atoms. The summed E-state index contributed by atoms with van der Waals surface area (Å²) >= 11 is 0. The number of carbonyl (C=O) groups is 1. The first-order valence-electron chi connectivity index (χ1n) is 7.06. The van der Waals surface area contributed by atoms with Crippen LogP contribution in [0.3, 0.4) is 0 Å². The number of amides is 1. The Hall–Kier alpha value is -1.40. The molecular weight excluding hydrogens is 258 g/mol. The van der Waals surface area contributed by atoms with Gasteiger partial charge < -0.3 is 15.2 Å². The topological polar surface area (TPSA) is 76.4 Å². The summed E-state index contributed by atoms with van der Waals surface area (Å²) in [5.41, 5.74) is 1.20. The minimum Gasteiger partial charge on any atom is -0.388 e. The van der Waals surface area contributed by atoms with Crippen molar-refractivity contribution in [2.75, 3.05) is 19.8 Å². The summed E-state index contributed by atoms with van der Waals surface area (Å²) in [6.07, 6.45) is 1.52. The molecule has 112 valence electrons. The molecule has 0 aliphatic carbocycles. The lowest BCUT2D eigenvalue weighted by molar-refractivity contribution is -0.124. The van der Waals surface area contributed by atoms with Crippen LogP contribution >= 0.6 is 0 Å². The van der Waals surface area contributed by atoms with Crippen molar-refractivity contribution in [3.63, 3.8) is 0 Å². The molecule has 20 heavy (non-hydrogen) atoms. The molecular formula is C14H23N3O3. The van der Waals surface area contributed by atoms with Gasteiger partial charge in [-0.25, -0.2) is 0 Å². The Labute approximate surface area is 119 Å². The predicted octanol–water partition coefficient (Wildman–Crippen LogP) is 0.548. The maximum atomic E-state index is 11.8. The monoisotopic (exact) mass is 281 g/mol. The molecule has 2 rings (SSSR count). The van der Waals surface area contributed by atoms with Crippen molar-refractivity contribution in [3.05, 3.63) is 17.5 Å². The largest absolute Gasteiger partial charge is 0.388 e. The van der Waals surface area contributed by atoms with Gasteiger partial charge in [0.2, 0.25) is 5.91 Å². The molecule has 1 fully saturated rings. The van der Waals surface area contributed by atoms with Gasteiger partial charge in [-0.3, -0.25) is 9.48 Å². The second kappa shape index (κ2) is 6.37. The minimum absolute atomic E-state index is 0.0579. The highest BCUT2D eigenvalue weighted by Crippen LogP contribution is 2.19. The van der Waals surface area contributed by atoms with Gasteiger partial charge >= 0.3 is 0 Å². The summed E-state index contributed by atoms with van der Waals surface area (Å²) in [5, 5.41) is 17.4. The molecule has 1 aromatic rings. The number of aryl methyl sites for hydroxylation is 3. The van der Waals surface area contributed by atoms with Gasteiger partial charge in [-0.05, 0) is 19.9 Å². The maximum absolute atomic E-state index is 11.8. The van der Waals surface area contributed by atoms with Crippen LogP contribution in [0.15, 0.2) is 6.07 Å². The molecule has 2 N–H and O–H groups in total. The fourth-order valence-corrected chi connectivity index (χ4v) is 2.39. The first-order chi connectivity index (χ1) is 9.48. The highest BCUT2D eigenvalue weighted by Gasteiger charge is 2.29. The fraction of sp³-hybridized carbons (Fsp3) is 0.714. The third-order valence-electron chi connectivity index (χ3n) is 3.69. The fourth-order valence-electron chi connectivity index (χ4n) is 2.39. The van der Waals surface area contributed by atoms with Crippen molar-refractivity contribution >= 4 is 5.91 Å². The quantitative estimate of drug-likeness (QED) is 0.826. The van der Waals surface area contributed by atoms with E-state index < -0.39 is 5.60 Å². The zero-order valence-corrected chi connectivity index (χ0v) is 12.2. The molecule has 1 amide bonds. The first kappa shape index (κ1) is 15.0. The Kier molecular flexibility index (Phi) is 4.77. The average Bonchev–Trinajstić information content (AvgIpc) is 2.73. The number of nitrogens with zero attached hydrogens (tertiary/aromatic N) is 2. The van der Waals surface area contributed by atoms with E-state index in [9.17, 15) is 9.90 Å². The van der Waals surface area contributed by atoms with Crippen LogP contribution in [0.4, 0.5) is 0 Å². The molecule has 1 aromatic heterocycles. The van der Waals surface area contributed by atoms with E-state index in [1.165, 1.54) is 0 Å². The number of hydrogen-bond donors (Lipinski definition) is 2. The van der Waals surface area contributed by atoms with E-state index in [0.29, 0.717) is 45.6 Å². The van der Waals surface area contributed by atoms with Crippen LogP contribution in [0.5, 0.6) is 0 Å². The van der Waals surface area contributed by atoms with Crippen molar-refractivity contribution in [3.8, 4) is 0 Å². The number of ether oxygens (including phenoxy) is 1. The average molecular weight is 281 g/mol. The van der Waals surface area contributed by atoms with Crippen LogP contribution in [0.25, 0.3) is 0 Å². The second-order valence-corrected chi connectivity index (χ2v) is 5.51. The number of aliphatic hydroxyl groups is 1. The number of hydrogen-bond acceptors (Lipinski definition) is 4. The zero-order valence-electron chi connectivity index (χ0n) is 12.2. The zero-order chi connectivity index (χ0) is 14.6. The summed E-state index contributed by atoms with van der Waals surface area (Å²) in [6.45, 7) is 5.88. The molecule has 0 saturated carbocycles. The van der Waals surface area contributed by atoms with E-state index in [-0.39, 0.29) is 5.91 Å². The highest BCUT2D eigenvalue weighted by molar-refractivity contribution is 5.75. The molecule has 6 heteroatoms. The molecule has 1 aliphatic heterocycles. The van der Waals surface area contributed by atoms with E-state index in [1.54, 1.807) is 0 Å². The lowest BCUT2D eigenvalue weighted by Crippen LogP contribution is -2.46. The molecule has 0 atom stereocenters. The van der Waals surface area contributed by atoms with Crippen LogP contribution in [0.2, 0.25) is 0 Å². The minimum atomic E-state index is -0.813. The molecule has 0 aromatic carbocycles. The Balaban J connectivity index is 1.74. The van der Waals surface area contributed by atoms with E-state index in [4.69, 9.17) is 4.74 Å². The van der Waals surface area contributed by atoms with Gasteiger partial charge in [0.1, 0.15) is 0 Å². The van der Waals surface area contributed by atoms with Crippen LogP contribution in [-0.2, 0) is 16.1 Å².